The van der Waals surface area contributed by atoms with Crippen molar-refractivity contribution in [3.8, 4) is 0 Å². The van der Waals surface area contributed by atoms with Gasteiger partial charge in [0.1, 0.15) is 0 Å². The zero-order valence-electron chi connectivity index (χ0n) is 4.78. The maximum Gasteiger partial charge on any atom is 0.0814 e. The summed E-state index contributed by atoms with van der Waals surface area (Å²) in [7, 11) is 2.72. The van der Waals surface area contributed by atoms with E-state index in [4.69, 9.17) is 0 Å². The average Bonchev–Trinajstić information content (AvgIpc) is 1.35. The lowest BCUT2D eigenvalue weighted by atomic mass is 10.0. The van der Waals surface area contributed by atoms with Crippen molar-refractivity contribution >= 4 is 17.7 Å². The van der Waals surface area contributed by atoms with Gasteiger partial charge in [-0.25, -0.2) is 0 Å². The molecule has 0 aliphatic rings. The highest BCUT2D eigenvalue weighted by molar-refractivity contribution is 7.16. The topological polar surface area (TPSA) is 0 Å². The highest BCUT2D eigenvalue weighted by atomic mass is 31.0. The fourth-order valence-electron chi connectivity index (χ4n) is 0. The lowest BCUT2D eigenvalue weighted by molar-refractivity contribution is 0.480. The Hall–Kier alpha value is 0.495. The Balaban J connectivity index is 0. The van der Waals surface area contributed by atoms with E-state index in [0.29, 0.717) is 5.41 Å². The zero-order valence-corrected chi connectivity index (χ0v) is 5.94. The summed E-state index contributed by atoms with van der Waals surface area (Å²) in [5.41, 5.74) is 0.505. The molecule has 0 heterocycles. The van der Waals surface area contributed by atoms with Crippen LogP contribution in [-0.2, 0) is 0 Å². The first-order valence-corrected chi connectivity index (χ1v) is 3.08. The van der Waals surface area contributed by atoms with E-state index >= 15 is 0 Å². The van der Waals surface area contributed by atoms with Crippen molar-refractivity contribution in [3.05, 3.63) is 0 Å². The van der Waals surface area contributed by atoms with Crippen LogP contribution in [0.15, 0.2) is 0 Å². The zero-order chi connectivity index (χ0) is 5.21. The van der Waals surface area contributed by atoms with Gasteiger partial charge in [-0.15, -0.1) is 9.24 Å². The summed E-state index contributed by atoms with van der Waals surface area (Å²) >= 11 is 0. The van der Waals surface area contributed by atoms with Crippen molar-refractivity contribution in [1.82, 2.24) is 0 Å². The van der Waals surface area contributed by atoms with Crippen LogP contribution >= 0.6 is 9.24 Å². The van der Waals surface area contributed by atoms with Gasteiger partial charge in [0.15, 0.2) is 0 Å². The Morgan fingerprint density at radius 1 is 1.29 bits per heavy atom. The Morgan fingerprint density at radius 2 is 1.43 bits per heavy atom. The van der Waals surface area contributed by atoms with Gasteiger partial charge in [0.2, 0.25) is 0 Å². The van der Waals surface area contributed by atoms with E-state index in [1.807, 2.05) is 0 Å². The molecule has 2 heteroatoms. The molecule has 0 aliphatic heterocycles. The molecule has 7 heavy (non-hydrogen) atoms. The highest BCUT2D eigenvalue weighted by Gasteiger charge is 2.03. The molecule has 0 aromatic carbocycles. The molecule has 0 aromatic heterocycles. The first kappa shape index (κ1) is 10.5. The molecule has 1 atom stereocenters. The summed E-state index contributed by atoms with van der Waals surface area (Å²) in [5, 5.41) is 0. The molecular formula is C5H16BP. The Labute approximate surface area is 50.9 Å². The van der Waals surface area contributed by atoms with Crippen molar-refractivity contribution in [3.63, 3.8) is 0 Å². The molecule has 0 nitrogen and oxygen atoms in total. The summed E-state index contributed by atoms with van der Waals surface area (Å²) in [5.74, 6) is 0. The minimum Gasteiger partial charge on any atom is -0.137 e. The second-order valence-electron chi connectivity index (χ2n) is 2.76. The summed E-state index contributed by atoms with van der Waals surface area (Å²) < 4.78 is 0. The van der Waals surface area contributed by atoms with Crippen molar-refractivity contribution in [2.45, 2.75) is 20.8 Å². The molecule has 44 valence electrons. The average molecular weight is 118 g/mol. The minimum atomic E-state index is 0. The van der Waals surface area contributed by atoms with E-state index in [9.17, 15) is 0 Å². The molecule has 0 aliphatic carbocycles. The predicted octanol–water partition coefficient (Wildman–Crippen LogP) is 0.724. The molecule has 0 saturated carbocycles. The summed E-state index contributed by atoms with van der Waals surface area (Å²) in [6.45, 7) is 6.67. The first-order chi connectivity index (χ1) is 2.56. The SMILES string of the molecule is B.CC(C)(C)CP. The van der Waals surface area contributed by atoms with Crippen molar-refractivity contribution in [2.75, 3.05) is 6.16 Å². The Morgan fingerprint density at radius 3 is 1.43 bits per heavy atom. The van der Waals surface area contributed by atoms with E-state index in [2.05, 4.69) is 30.0 Å². The van der Waals surface area contributed by atoms with Crippen LogP contribution < -0.4 is 0 Å². The van der Waals surface area contributed by atoms with E-state index < -0.39 is 0 Å². The van der Waals surface area contributed by atoms with E-state index in [1.165, 1.54) is 6.16 Å². The number of hydrogen-bond acceptors (Lipinski definition) is 0. The van der Waals surface area contributed by atoms with Crippen LogP contribution in [-0.4, -0.2) is 14.6 Å². The lowest BCUT2D eigenvalue weighted by Gasteiger charge is -2.12. The Bertz CT molecular complexity index is 37.8. The van der Waals surface area contributed by atoms with Gasteiger partial charge in [0, 0.05) is 0 Å². The monoisotopic (exact) mass is 118 g/mol. The fraction of sp³-hybridized carbons (Fsp3) is 1.00. The smallest absolute Gasteiger partial charge is 0.0814 e. The van der Waals surface area contributed by atoms with Gasteiger partial charge >= 0.3 is 0 Å². The number of hydrogen-bond donors (Lipinski definition) is 0. The second-order valence-corrected chi connectivity index (χ2v) is 3.17. The van der Waals surface area contributed by atoms with Crippen molar-refractivity contribution in [1.29, 1.82) is 0 Å². The molecule has 0 fully saturated rings. The third kappa shape index (κ3) is 10.7. The van der Waals surface area contributed by atoms with Gasteiger partial charge in [-0.05, 0) is 11.6 Å². The highest BCUT2D eigenvalue weighted by Crippen LogP contribution is 2.14. The molecule has 0 saturated heterocycles. The molecule has 0 amide bonds. The van der Waals surface area contributed by atoms with Crippen molar-refractivity contribution in [2.24, 2.45) is 5.41 Å². The van der Waals surface area contributed by atoms with Crippen LogP contribution in [0.1, 0.15) is 20.8 Å². The Kier molecular flexibility index (Phi) is 5.22. The quantitative estimate of drug-likeness (QED) is 0.324. The lowest BCUT2D eigenvalue weighted by Crippen LogP contribution is -2.04. The first-order valence-electron chi connectivity index (χ1n) is 2.26. The molecule has 0 N–H and O–H groups in total. The third-order valence-corrected chi connectivity index (χ3v) is 1.84. The van der Waals surface area contributed by atoms with Gasteiger partial charge in [0.05, 0.1) is 8.41 Å². The van der Waals surface area contributed by atoms with Crippen LogP contribution in [0.25, 0.3) is 0 Å². The van der Waals surface area contributed by atoms with Crippen LogP contribution in [0.5, 0.6) is 0 Å². The molecule has 0 rings (SSSR count). The van der Waals surface area contributed by atoms with Crippen LogP contribution in [0.4, 0.5) is 0 Å². The minimum absolute atomic E-state index is 0. The normalized spacial score (nSPS) is 10.3. The van der Waals surface area contributed by atoms with Gasteiger partial charge in [0.25, 0.3) is 0 Å². The summed E-state index contributed by atoms with van der Waals surface area (Å²) in [6, 6.07) is 0. The maximum atomic E-state index is 2.72. The van der Waals surface area contributed by atoms with Crippen LogP contribution in [0.2, 0.25) is 0 Å². The van der Waals surface area contributed by atoms with Crippen LogP contribution in [0, 0.1) is 5.41 Å². The predicted molar refractivity (Wildman–Crippen MR) is 44.0 cm³/mol. The maximum absolute atomic E-state index is 2.72. The fourth-order valence-corrected chi connectivity index (χ4v) is 0. The molecule has 0 radical (unpaired) electrons. The molecular weight excluding hydrogens is 102 g/mol. The van der Waals surface area contributed by atoms with Gasteiger partial charge in [-0.2, -0.15) is 0 Å². The largest absolute Gasteiger partial charge is 0.137 e. The second kappa shape index (κ2) is 3.49. The van der Waals surface area contributed by atoms with Gasteiger partial charge in [-0.1, -0.05) is 20.8 Å². The van der Waals surface area contributed by atoms with E-state index in [1.54, 1.807) is 0 Å². The third-order valence-electron chi connectivity index (χ3n) is 0.612. The molecule has 0 spiro atoms. The molecule has 1 unspecified atom stereocenters. The van der Waals surface area contributed by atoms with Gasteiger partial charge < -0.3 is 0 Å². The standard InChI is InChI=1S/C5H13P.BH3/c1-5(2,3)4-6;/h4,6H2,1-3H3;1H3. The summed E-state index contributed by atoms with van der Waals surface area (Å²) in [4.78, 5) is 0. The van der Waals surface area contributed by atoms with Crippen molar-refractivity contribution < 1.29 is 0 Å². The number of rotatable bonds is 0. The van der Waals surface area contributed by atoms with E-state index in [-0.39, 0.29) is 8.41 Å². The van der Waals surface area contributed by atoms with Gasteiger partial charge in [-0.3, -0.25) is 0 Å². The van der Waals surface area contributed by atoms with E-state index in [0.717, 1.165) is 0 Å². The van der Waals surface area contributed by atoms with Crippen LogP contribution in [0.3, 0.4) is 0 Å². The molecule has 0 bridgehead atoms. The summed E-state index contributed by atoms with van der Waals surface area (Å²) in [6.07, 6.45) is 1.19. The molecule has 0 aromatic rings.